The van der Waals surface area contributed by atoms with E-state index >= 15 is 0 Å². The summed E-state index contributed by atoms with van der Waals surface area (Å²) in [6.07, 6.45) is 1.33. The fraction of sp³-hybridized carbons (Fsp3) is 0.538. The second-order valence-electron chi connectivity index (χ2n) is 3.80. The zero-order valence-corrected chi connectivity index (χ0v) is 11.4. The molecule has 0 aliphatic heterocycles. The molecule has 18 heavy (non-hydrogen) atoms. The molecule has 1 heterocycles. The van der Waals surface area contributed by atoms with Crippen LogP contribution in [0.1, 0.15) is 35.9 Å². The number of ether oxygens (including phenoxy) is 1. The number of ketones is 1. The number of carbonyl (C=O) groups excluding carboxylic acids is 2. The number of rotatable bonds is 9. The molecule has 0 fully saturated rings. The van der Waals surface area contributed by atoms with Crippen LogP contribution in [-0.4, -0.2) is 31.4 Å². The maximum atomic E-state index is 11.6. The van der Waals surface area contributed by atoms with Crippen molar-refractivity contribution in [1.29, 1.82) is 0 Å². The summed E-state index contributed by atoms with van der Waals surface area (Å²) in [6.45, 7) is 3.90. The third-order valence-electron chi connectivity index (χ3n) is 2.37. The van der Waals surface area contributed by atoms with E-state index in [1.807, 2.05) is 18.4 Å². The molecule has 1 amide bonds. The number of thiophene rings is 1. The summed E-state index contributed by atoms with van der Waals surface area (Å²) >= 11 is 1.41. The first-order chi connectivity index (χ1) is 8.74. The summed E-state index contributed by atoms with van der Waals surface area (Å²) in [6, 6.07) is 3.62. The van der Waals surface area contributed by atoms with E-state index < -0.39 is 0 Å². The summed E-state index contributed by atoms with van der Waals surface area (Å²) < 4.78 is 5.16. The molecule has 0 aromatic carbocycles. The normalized spacial score (nSPS) is 10.3. The second kappa shape index (κ2) is 8.83. The van der Waals surface area contributed by atoms with Crippen molar-refractivity contribution in [3.63, 3.8) is 0 Å². The van der Waals surface area contributed by atoms with E-state index in [1.54, 1.807) is 6.07 Å². The predicted molar refractivity (Wildman–Crippen MR) is 72.0 cm³/mol. The van der Waals surface area contributed by atoms with Gasteiger partial charge in [-0.3, -0.25) is 9.59 Å². The van der Waals surface area contributed by atoms with Gasteiger partial charge in [-0.15, -0.1) is 11.3 Å². The van der Waals surface area contributed by atoms with E-state index in [1.165, 1.54) is 11.3 Å². The summed E-state index contributed by atoms with van der Waals surface area (Å²) in [5.41, 5.74) is 0. The van der Waals surface area contributed by atoms with Gasteiger partial charge >= 0.3 is 0 Å². The van der Waals surface area contributed by atoms with Crippen LogP contribution >= 0.6 is 11.3 Å². The Labute approximate surface area is 111 Å². The Morgan fingerprint density at radius 3 is 2.89 bits per heavy atom. The highest BCUT2D eigenvalue weighted by molar-refractivity contribution is 7.12. The molecule has 1 aromatic heterocycles. The fourth-order valence-corrected chi connectivity index (χ4v) is 2.12. The third kappa shape index (κ3) is 5.93. The summed E-state index contributed by atoms with van der Waals surface area (Å²) in [5.74, 6) is -0.0362. The number of nitrogens with one attached hydrogen (secondary N) is 1. The van der Waals surface area contributed by atoms with Crippen LogP contribution in [-0.2, 0) is 9.53 Å². The Morgan fingerprint density at radius 1 is 1.39 bits per heavy atom. The largest absolute Gasteiger partial charge is 0.382 e. The lowest BCUT2D eigenvalue weighted by molar-refractivity contribution is -0.121. The minimum absolute atomic E-state index is 0.0365. The van der Waals surface area contributed by atoms with Gasteiger partial charge in [0, 0.05) is 32.6 Å². The van der Waals surface area contributed by atoms with Gasteiger partial charge < -0.3 is 10.1 Å². The molecular weight excluding hydrogens is 250 g/mol. The first-order valence-corrected chi connectivity index (χ1v) is 7.03. The summed E-state index contributed by atoms with van der Waals surface area (Å²) in [4.78, 5) is 23.8. The first-order valence-electron chi connectivity index (χ1n) is 6.15. The quantitative estimate of drug-likeness (QED) is 0.552. The van der Waals surface area contributed by atoms with Crippen molar-refractivity contribution in [1.82, 2.24) is 5.32 Å². The second-order valence-corrected chi connectivity index (χ2v) is 4.75. The lowest BCUT2D eigenvalue weighted by Crippen LogP contribution is -2.25. The van der Waals surface area contributed by atoms with Crippen LogP contribution in [0.25, 0.3) is 0 Å². The average Bonchev–Trinajstić information content (AvgIpc) is 2.89. The number of hydrogen-bond donors (Lipinski definition) is 1. The van der Waals surface area contributed by atoms with Crippen molar-refractivity contribution in [3.8, 4) is 0 Å². The molecule has 0 saturated carbocycles. The molecule has 1 N–H and O–H groups in total. The van der Waals surface area contributed by atoms with Crippen LogP contribution < -0.4 is 5.32 Å². The van der Waals surface area contributed by atoms with Crippen molar-refractivity contribution < 1.29 is 14.3 Å². The molecule has 0 aliphatic carbocycles. The zero-order valence-electron chi connectivity index (χ0n) is 10.6. The van der Waals surface area contributed by atoms with Gasteiger partial charge in [0.2, 0.25) is 5.91 Å². The average molecular weight is 269 g/mol. The van der Waals surface area contributed by atoms with Gasteiger partial charge in [0.15, 0.2) is 5.78 Å². The van der Waals surface area contributed by atoms with Gasteiger partial charge in [-0.1, -0.05) is 6.07 Å². The molecule has 0 radical (unpaired) electrons. The number of amides is 1. The molecular formula is C13H19NO3S. The van der Waals surface area contributed by atoms with Gasteiger partial charge in [0.25, 0.3) is 0 Å². The summed E-state index contributed by atoms with van der Waals surface area (Å²) in [7, 11) is 0. The molecule has 0 spiro atoms. The van der Waals surface area contributed by atoms with Crippen LogP contribution in [0.15, 0.2) is 17.5 Å². The van der Waals surface area contributed by atoms with Crippen molar-refractivity contribution in [2.45, 2.75) is 26.2 Å². The van der Waals surface area contributed by atoms with E-state index in [0.29, 0.717) is 19.8 Å². The molecule has 4 nitrogen and oxygen atoms in total. The molecule has 0 unspecified atom stereocenters. The highest BCUT2D eigenvalue weighted by Gasteiger charge is 2.09. The van der Waals surface area contributed by atoms with Gasteiger partial charge in [-0.25, -0.2) is 0 Å². The SMILES string of the molecule is CCOCCCNC(=O)CCC(=O)c1cccs1. The lowest BCUT2D eigenvalue weighted by atomic mass is 10.2. The van der Waals surface area contributed by atoms with Crippen LogP contribution in [0, 0.1) is 0 Å². The van der Waals surface area contributed by atoms with E-state index in [-0.39, 0.29) is 24.5 Å². The molecule has 1 rings (SSSR count). The van der Waals surface area contributed by atoms with Crippen molar-refractivity contribution >= 4 is 23.0 Å². The van der Waals surface area contributed by atoms with Crippen molar-refractivity contribution in [3.05, 3.63) is 22.4 Å². The Kier molecular flexibility index (Phi) is 7.29. The number of hydrogen-bond acceptors (Lipinski definition) is 4. The van der Waals surface area contributed by atoms with Crippen LogP contribution in [0.2, 0.25) is 0 Å². The molecule has 100 valence electrons. The van der Waals surface area contributed by atoms with Crippen LogP contribution in [0.5, 0.6) is 0 Å². The maximum Gasteiger partial charge on any atom is 0.220 e. The minimum Gasteiger partial charge on any atom is -0.382 e. The van der Waals surface area contributed by atoms with Crippen LogP contribution in [0.4, 0.5) is 0 Å². The Balaban J connectivity index is 2.08. The highest BCUT2D eigenvalue weighted by Crippen LogP contribution is 2.12. The van der Waals surface area contributed by atoms with Gasteiger partial charge in [0.1, 0.15) is 0 Å². The first kappa shape index (κ1) is 14.9. The van der Waals surface area contributed by atoms with E-state index in [4.69, 9.17) is 4.74 Å². The lowest BCUT2D eigenvalue weighted by Gasteiger charge is -2.04. The monoisotopic (exact) mass is 269 g/mol. The topological polar surface area (TPSA) is 55.4 Å². The van der Waals surface area contributed by atoms with Crippen molar-refractivity contribution in [2.75, 3.05) is 19.8 Å². The van der Waals surface area contributed by atoms with Gasteiger partial charge in [0.05, 0.1) is 4.88 Å². The Morgan fingerprint density at radius 2 is 2.22 bits per heavy atom. The Bertz CT molecular complexity index is 362. The van der Waals surface area contributed by atoms with Gasteiger partial charge in [-0.05, 0) is 24.8 Å². The third-order valence-corrected chi connectivity index (χ3v) is 3.28. The fourth-order valence-electron chi connectivity index (χ4n) is 1.42. The maximum absolute atomic E-state index is 11.6. The smallest absolute Gasteiger partial charge is 0.220 e. The molecule has 0 saturated heterocycles. The molecule has 0 atom stereocenters. The predicted octanol–water partition coefficient (Wildman–Crippen LogP) is 2.25. The van der Waals surface area contributed by atoms with E-state index in [0.717, 1.165) is 11.3 Å². The zero-order chi connectivity index (χ0) is 13.2. The van der Waals surface area contributed by atoms with Gasteiger partial charge in [-0.2, -0.15) is 0 Å². The van der Waals surface area contributed by atoms with Crippen molar-refractivity contribution in [2.24, 2.45) is 0 Å². The minimum atomic E-state index is -0.0728. The standard InChI is InChI=1S/C13H19NO3S/c1-2-17-9-4-8-14-13(16)7-6-11(15)12-5-3-10-18-12/h3,5,10H,2,4,6-9H2,1H3,(H,14,16). The summed E-state index contributed by atoms with van der Waals surface area (Å²) in [5, 5.41) is 4.64. The number of carbonyl (C=O) groups is 2. The highest BCUT2D eigenvalue weighted by atomic mass is 32.1. The van der Waals surface area contributed by atoms with Crippen LogP contribution in [0.3, 0.4) is 0 Å². The molecule has 5 heteroatoms. The Hall–Kier alpha value is -1.20. The molecule has 0 aliphatic rings. The number of Topliss-reactive ketones (excluding diaryl/α,β-unsaturated/α-hetero) is 1. The molecule has 1 aromatic rings. The molecule has 0 bridgehead atoms. The van der Waals surface area contributed by atoms with E-state index in [2.05, 4.69) is 5.32 Å². The van der Waals surface area contributed by atoms with E-state index in [9.17, 15) is 9.59 Å².